The molecule has 2 amide bonds. The molecule has 3 rings (SSSR count). The molecule has 0 radical (unpaired) electrons. The Hall–Kier alpha value is -3.12. The lowest BCUT2D eigenvalue weighted by molar-refractivity contribution is 0.0961. The van der Waals surface area contributed by atoms with Crippen LogP contribution in [0.25, 0.3) is 11.0 Å². The summed E-state index contributed by atoms with van der Waals surface area (Å²) in [5.74, 6) is -0.308. The van der Waals surface area contributed by atoms with Gasteiger partial charge >= 0.3 is 0 Å². The molecule has 3 aromatic rings. The van der Waals surface area contributed by atoms with Crippen LogP contribution in [0.4, 0.5) is 5.69 Å². The van der Waals surface area contributed by atoms with Crippen LogP contribution in [0, 0.1) is 0 Å². The molecular weight excluding hydrogens is 332 g/mol. The van der Waals surface area contributed by atoms with Crippen molar-refractivity contribution in [3.8, 4) is 0 Å². The summed E-state index contributed by atoms with van der Waals surface area (Å²) in [5.41, 5.74) is 2.46. The first-order valence-corrected chi connectivity index (χ1v) is 8.35. The highest BCUT2D eigenvalue weighted by Crippen LogP contribution is 2.27. The zero-order chi connectivity index (χ0) is 18.5. The minimum atomic E-state index is -0.358. The van der Waals surface area contributed by atoms with E-state index in [4.69, 9.17) is 9.15 Å². The van der Waals surface area contributed by atoms with Crippen molar-refractivity contribution in [3.63, 3.8) is 0 Å². The molecule has 0 saturated carbocycles. The molecular formula is C20H20N2O4. The molecule has 1 heterocycles. The van der Waals surface area contributed by atoms with Gasteiger partial charge in [-0.3, -0.25) is 9.59 Å². The Morgan fingerprint density at radius 1 is 1.04 bits per heavy atom. The zero-order valence-corrected chi connectivity index (χ0v) is 14.7. The van der Waals surface area contributed by atoms with Crippen molar-refractivity contribution in [1.82, 2.24) is 5.32 Å². The molecule has 0 bridgehead atoms. The van der Waals surface area contributed by atoms with Crippen LogP contribution in [0.3, 0.4) is 0 Å². The number of carbonyl (C=O) groups excluding carboxylic acids is 2. The normalized spacial score (nSPS) is 10.7. The number of benzene rings is 2. The second kappa shape index (κ2) is 7.84. The van der Waals surface area contributed by atoms with Gasteiger partial charge in [0, 0.05) is 35.9 Å². The predicted octanol–water partition coefficient (Wildman–Crippen LogP) is 3.58. The first kappa shape index (κ1) is 17.7. The summed E-state index contributed by atoms with van der Waals surface area (Å²) in [5, 5.41) is 6.22. The summed E-state index contributed by atoms with van der Waals surface area (Å²) in [6.45, 7) is 2.74. The number of nitrogens with one attached hydrogen (secondary N) is 2. The van der Waals surface area contributed by atoms with Gasteiger partial charge in [0.15, 0.2) is 5.76 Å². The van der Waals surface area contributed by atoms with Crippen LogP contribution in [0.1, 0.15) is 33.4 Å². The van der Waals surface area contributed by atoms with Crippen molar-refractivity contribution in [1.29, 1.82) is 0 Å². The van der Waals surface area contributed by atoms with Gasteiger partial charge in [-0.25, -0.2) is 0 Å². The number of carbonyl (C=O) groups is 2. The van der Waals surface area contributed by atoms with Crippen LogP contribution < -0.4 is 10.6 Å². The maximum atomic E-state index is 12.7. The molecule has 1 aromatic heterocycles. The Morgan fingerprint density at radius 2 is 1.77 bits per heavy atom. The number of hydrogen-bond donors (Lipinski definition) is 2. The van der Waals surface area contributed by atoms with Crippen molar-refractivity contribution < 1.29 is 18.7 Å². The lowest BCUT2D eigenvalue weighted by Crippen LogP contribution is -2.18. The zero-order valence-electron chi connectivity index (χ0n) is 14.7. The van der Waals surface area contributed by atoms with E-state index in [2.05, 4.69) is 10.6 Å². The largest absolute Gasteiger partial charge is 0.451 e. The molecule has 0 spiro atoms. The van der Waals surface area contributed by atoms with Gasteiger partial charge in [-0.15, -0.1) is 0 Å². The van der Waals surface area contributed by atoms with E-state index in [1.807, 2.05) is 31.2 Å². The van der Waals surface area contributed by atoms with E-state index in [0.29, 0.717) is 30.0 Å². The average Bonchev–Trinajstić information content (AvgIpc) is 3.05. The number of furan rings is 1. The summed E-state index contributed by atoms with van der Waals surface area (Å²) in [7, 11) is 1.57. The standard InChI is InChI=1S/C20H20N2O4/c1-3-25-12-16-15-6-4-5-7-17(15)26-18(16)20(24)22-14-10-8-13(9-11-14)19(23)21-2/h4-11H,3,12H2,1-2H3,(H,21,23)(H,22,24). The van der Waals surface area contributed by atoms with E-state index in [0.717, 1.165) is 10.9 Å². The summed E-state index contributed by atoms with van der Waals surface area (Å²) in [6, 6.07) is 14.1. The second-order valence-corrected chi connectivity index (χ2v) is 5.65. The molecule has 0 aliphatic rings. The molecule has 0 aliphatic heterocycles. The van der Waals surface area contributed by atoms with E-state index < -0.39 is 0 Å². The van der Waals surface area contributed by atoms with Gasteiger partial charge in [0.05, 0.1) is 6.61 Å². The van der Waals surface area contributed by atoms with Gasteiger partial charge in [0.2, 0.25) is 0 Å². The van der Waals surface area contributed by atoms with Gasteiger partial charge < -0.3 is 19.8 Å². The Morgan fingerprint density at radius 3 is 2.46 bits per heavy atom. The molecule has 134 valence electrons. The minimum Gasteiger partial charge on any atom is -0.451 e. The molecule has 0 saturated heterocycles. The van der Waals surface area contributed by atoms with Crippen LogP contribution >= 0.6 is 0 Å². The summed E-state index contributed by atoms with van der Waals surface area (Å²) >= 11 is 0. The van der Waals surface area contributed by atoms with Crippen molar-refractivity contribution >= 4 is 28.5 Å². The minimum absolute atomic E-state index is 0.181. The monoisotopic (exact) mass is 352 g/mol. The molecule has 0 fully saturated rings. The topological polar surface area (TPSA) is 80.6 Å². The summed E-state index contributed by atoms with van der Waals surface area (Å²) < 4.78 is 11.3. The number of rotatable bonds is 6. The fourth-order valence-electron chi connectivity index (χ4n) is 2.67. The molecule has 6 nitrogen and oxygen atoms in total. The maximum Gasteiger partial charge on any atom is 0.291 e. The Balaban J connectivity index is 1.86. The average molecular weight is 352 g/mol. The molecule has 0 unspecified atom stereocenters. The highest BCUT2D eigenvalue weighted by molar-refractivity contribution is 6.06. The van der Waals surface area contributed by atoms with Gasteiger partial charge in [-0.05, 0) is 37.3 Å². The summed E-state index contributed by atoms with van der Waals surface area (Å²) in [4.78, 5) is 24.3. The number of hydrogen-bond acceptors (Lipinski definition) is 4. The molecule has 26 heavy (non-hydrogen) atoms. The number of amides is 2. The van der Waals surface area contributed by atoms with Crippen LogP contribution in [-0.2, 0) is 11.3 Å². The van der Waals surface area contributed by atoms with Gasteiger partial charge in [-0.2, -0.15) is 0 Å². The van der Waals surface area contributed by atoms with Crippen LogP contribution in [0.15, 0.2) is 52.9 Å². The Labute approximate surface area is 151 Å². The first-order chi connectivity index (χ1) is 12.6. The SMILES string of the molecule is CCOCc1c(C(=O)Nc2ccc(C(=O)NC)cc2)oc2ccccc12. The lowest BCUT2D eigenvalue weighted by Gasteiger charge is -2.07. The van der Waals surface area contributed by atoms with Crippen LogP contribution in [0.5, 0.6) is 0 Å². The van der Waals surface area contributed by atoms with E-state index in [-0.39, 0.29) is 17.6 Å². The van der Waals surface area contributed by atoms with Crippen molar-refractivity contribution in [2.45, 2.75) is 13.5 Å². The highest BCUT2D eigenvalue weighted by Gasteiger charge is 2.20. The van der Waals surface area contributed by atoms with Crippen LogP contribution in [0.2, 0.25) is 0 Å². The molecule has 0 atom stereocenters. The number of ether oxygens (including phenoxy) is 1. The molecule has 6 heteroatoms. The third-order valence-corrected chi connectivity index (χ3v) is 3.99. The number of para-hydroxylation sites is 1. The van der Waals surface area contributed by atoms with Crippen LogP contribution in [-0.4, -0.2) is 25.5 Å². The van der Waals surface area contributed by atoms with E-state index in [1.165, 1.54) is 0 Å². The van der Waals surface area contributed by atoms with Gasteiger partial charge in [-0.1, -0.05) is 18.2 Å². The second-order valence-electron chi connectivity index (χ2n) is 5.65. The van der Waals surface area contributed by atoms with Crippen molar-refractivity contribution in [2.24, 2.45) is 0 Å². The number of anilines is 1. The molecule has 0 aliphatic carbocycles. The predicted molar refractivity (Wildman–Crippen MR) is 99.3 cm³/mol. The van der Waals surface area contributed by atoms with Gasteiger partial charge in [0.1, 0.15) is 5.58 Å². The maximum absolute atomic E-state index is 12.7. The summed E-state index contributed by atoms with van der Waals surface area (Å²) in [6.07, 6.45) is 0. The van der Waals surface area contributed by atoms with Crippen molar-refractivity contribution in [2.75, 3.05) is 19.0 Å². The van der Waals surface area contributed by atoms with Gasteiger partial charge in [0.25, 0.3) is 11.8 Å². The van der Waals surface area contributed by atoms with E-state index in [9.17, 15) is 9.59 Å². The van der Waals surface area contributed by atoms with E-state index >= 15 is 0 Å². The first-order valence-electron chi connectivity index (χ1n) is 8.35. The van der Waals surface area contributed by atoms with Crippen molar-refractivity contribution in [3.05, 3.63) is 65.4 Å². The van der Waals surface area contributed by atoms with E-state index in [1.54, 1.807) is 31.3 Å². The Kier molecular flexibility index (Phi) is 5.34. The lowest BCUT2D eigenvalue weighted by atomic mass is 10.1. The smallest absolute Gasteiger partial charge is 0.291 e. The Bertz CT molecular complexity index is 929. The molecule has 2 N–H and O–H groups in total. The number of fused-ring (bicyclic) bond motifs is 1. The highest BCUT2D eigenvalue weighted by atomic mass is 16.5. The third kappa shape index (κ3) is 3.60. The third-order valence-electron chi connectivity index (χ3n) is 3.99. The fraction of sp³-hybridized carbons (Fsp3) is 0.200. The fourth-order valence-corrected chi connectivity index (χ4v) is 2.67. The quantitative estimate of drug-likeness (QED) is 0.710. The molecule has 2 aromatic carbocycles.